The van der Waals surface area contributed by atoms with Crippen LogP contribution in [0, 0.1) is 0 Å². The van der Waals surface area contributed by atoms with Crippen molar-refractivity contribution in [3.8, 4) is 11.5 Å². The first-order valence-electron chi connectivity index (χ1n) is 9.26. The van der Waals surface area contributed by atoms with Crippen LogP contribution < -0.4 is 14.8 Å². The van der Waals surface area contributed by atoms with E-state index >= 15 is 0 Å². The molecule has 0 saturated heterocycles. The predicted molar refractivity (Wildman–Crippen MR) is 113 cm³/mol. The molecule has 3 aromatic carbocycles. The topological polar surface area (TPSA) is 39.7 Å². The zero-order valence-electron chi connectivity index (χ0n) is 15.6. The molecule has 0 aromatic heterocycles. The summed E-state index contributed by atoms with van der Waals surface area (Å²) in [6.45, 7) is 2.94. The van der Waals surface area contributed by atoms with E-state index in [1.165, 1.54) is 0 Å². The van der Waals surface area contributed by atoms with Crippen LogP contribution in [0.4, 0.5) is 5.69 Å². The summed E-state index contributed by atoms with van der Waals surface area (Å²) in [5.41, 5.74) is 2.17. The minimum absolute atomic E-state index is 0.505. The Morgan fingerprint density at radius 1 is 0.679 bits per heavy atom. The molecule has 1 N–H and O–H groups in total. The Hall–Kier alpha value is -2.69. The molecule has 146 valence electrons. The summed E-state index contributed by atoms with van der Waals surface area (Å²) < 4.78 is 17.0. The molecule has 5 heteroatoms. The average molecular weight is 398 g/mol. The van der Waals surface area contributed by atoms with Gasteiger partial charge in [0, 0.05) is 17.3 Å². The maximum atomic E-state index is 5.86. The SMILES string of the molecule is Clc1ccc(NCCOCCOc2ccc(OCc3ccccc3)cc2)cc1. The van der Waals surface area contributed by atoms with E-state index in [9.17, 15) is 0 Å². The Kier molecular flexibility index (Phi) is 8.04. The highest BCUT2D eigenvalue weighted by atomic mass is 35.5. The lowest BCUT2D eigenvalue weighted by molar-refractivity contribution is 0.107. The second-order valence-corrected chi connectivity index (χ2v) is 6.58. The van der Waals surface area contributed by atoms with E-state index in [2.05, 4.69) is 5.32 Å². The van der Waals surface area contributed by atoms with E-state index in [1.54, 1.807) is 0 Å². The molecule has 0 bridgehead atoms. The summed E-state index contributed by atoms with van der Waals surface area (Å²) in [4.78, 5) is 0. The third-order valence-electron chi connectivity index (χ3n) is 3.99. The molecule has 0 saturated carbocycles. The van der Waals surface area contributed by atoms with Crippen molar-refractivity contribution in [2.75, 3.05) is 31.7 Å². The van der Waals surface area contributed by atoms with Gasteiger partial charge in [-0.1, -0.05) is 41.9 Å². The molecule has 3 aromatic rings. The molecule has 28 heavy (non-hydrogen) atoms. The van der Waals surface area contributed by atoms with Crippen molar-refractivity contribution in [1.29, 1.82) is 0 Å². The van der Waals surface area contributed by atoms with Crippen LogP contribution in [0.25, 0.3) is 0 Å². The number of hydrogen-bond donors (Lipinski definition) is 1. The Balaban J connectivity index is 1.26. The summed E-state index contributed by atoms with van der Waals surface area (Å²) in [6.07, 6.45) is 0. The minimum Gasteiger partial charge on any atom is -0.491 e. The Bertz CT molecular complexity index is 808. The van der Waals surface area contributed by atoms with Gasteiger partial charge in [-0.05, 0) is 54.1 Å². The van der Waals surface area contributed by atoms with Gasteiger partial charge in [-0.25, -0.2) is 0 Å². The molecule has 0 heterocycles. The number of nitrogens with one attached hydrogen (secondary N) is 1. The molecule has 0 spiro atoms. The molecule has 0 aliphatic heterocycles. The minimum atomic E-state index is 0.505. The van der Waals surface area contributed by atoms with Crippen molar-refractivity contribution < 1.29 is 14.2 Å². The number of ether oxygens (including phenoxy) is 3. The van der Waals surface area contributed by atoms with Crippen LogP contribution in [0.2, 0.25) is 5.02 Å². The molecule has 3 rings (SSSR count). The van der Waals surface area contributed by atoms with Crippen molar-refractivity contribution in [2.45, 2.75) is 6.61 Å². The van der Waals surface area contributed by atoms with E-state index in [-0.39, 0.29) is 0 Å². The first-order valence-corrected chi connectivity index (χ1v) is 9.64. The fourth-order valence-corrected chi connectivity index (χ4v) is 2.65. The van der Waals surface area contributed by atoms with Gasteiger partial charge in [0.05, 0.1) is 13.2 Å². The van der Waals surface area contributed by atoms with Crippen LogP contribution in [-0.2, 0) is 11.3 Å². The largest absolute Gasteiger partial charge is 0.491 e. The van der Waals surface area contributed by atoms with Gasteiger partial charge in [0.25, 0.3) is 0 Å². The van der Waals surface area contributed by atoms with Crippen molar-refractivity contribution in [1.82, 2.24) is 0 Å². The molecule has 0 atom stereocenters. The molecular weight excluding hydrogens is 374 g/mol. The lowest BCUT2D eigenvalue weighted by atomic mass is 10.2. The van der Waals surface area contributed by atoms with Gasteiger partial charge >= 0.3 is 0 Å². The average Bonchev–Trinajstić information content (AvgIpc) is 2.74. The van der Waals surface area contributed by atoms with Crippen LogP contribution in [0.1, 0.15) is 5.56 Å². The molecule has 0 aliphatic rings. The third-order valence-corrected chi connectivity index (χ3v) is 4.24. The molecule has 0 aliphatic carbocycles. The normalized spacial score (nSPS) is 10.5. The number of benzene rings is 3. The first-order chi connectivity index (χ1) is 13.8. The number of rotatable bonds is 11. The lowest BCUT2D eigenvalue weighted by Crippen LogP contribution is -2.13. The quantitative estimate of drug-likeness (QED) is 0.438. The van der Waals surface area contributed by atoms with Crippen molar-refractivity contribution in [2.24, 2.45) is 0 Å². The number of hydrogen-bond acceptors (Lipinski definition) is 4. The predicted octanol–water partition coefficient (Wildman–Crippen LogP) is 5.43. The summed E-state index contributed by atoms with van der Waals surface area (Å²) in [7, 11) is 0. The van der Waals surface area contributed by atoms with Crippen molar-refractivity contribution in [3.05, 3.63) is 89.4 Å². The van der Waals surface area contributed by atoms with Gasteiger partial charge in [0.1, 0.15) is 24.7 Å². The van der Waals surface area contributed by atoms with Crippen molar-refractivity contribution >= 4 is 17.3 Å². The molecule has 4 nitrogen and oxygen atoms in total. The number of halogens is 1. The van der Waals surface area contributed by atoms with Crippen LogP contribution in [-0.4, -0.2) is 26.4 Å². The lowest BCUT2D eigenvalue weighted by Gasteiger charge is -2.10. The smallest absolute Gasteiger partial charge is 0.120 e. The van der Waals surface area contributed by atoms with Crippen LogP contribution >= 0.6 is 11.6 Å². The van der Waals surface area contributed by atoms with Gasteiger partial charge in [-0.15, -0.1) is 0 Å². The Labute approximate surface area is 171 Å². The maximum Gasteiger partial charge on any atom is 0.120 e. The van der Waals surface area contributed by atoms with Gasteiger partial charge in [0.15, 0.2) is 0 Å². The fraction of sp³-hybridized carbons (Fsp3) is 0.217. The van der Waals surface area contributed by atoms with Crippen molar-refractivity contribution in [3.63, 3.8) is 0 Å². The van der Waals surface area contributed by atoms with Gasteiger partial charge in [0.2, 0.25) is 0 Å². The van der Waals surface area contributed by atoms with E-state index in [4.69, 9.17) is 25.8 Å². The van der Waals surface area contributed by atoms with Gasteiger partial charge in [-0.3, -0.25) is 0 Å². The standard InChI is InChI=1S/C23H24ClNO3/c24-20-6-8-21(9-7-20)25-14-15-26-16-17-27-22-10-12-23(13-11-22)28-18-19-4-2-1-3-5-19/h1-13,25H,14-18H2. The maximum absolute atomic E-state index is 5.86. The Morgan fingerprint density at radius 3 is 2.07 bits per heavy atom. The fourth-order valence-electron chi connectivity index (χ4n) is 2.53. The highest BCUT2D eigenvalue weighted by Crippen LogP contribution is 2.18. The summed E-state index contributed by atoms with van der Waals surface area (Å²) >= 11 is 5.86. The van der Waals surface area contributed by atoms with E-state index < -0.39 is 0 Å². The van der Waals surface area contributed by atoms with E-state index in [0.29, 0.717) is 26.4 Å². The molecule has 0 fully saturated rings. The van der Waals surface area contributed by atoms with Gasteiger partial charge in [-0.2, -0.15) is 0 Å². The third kappa shape index (κ3) is 7.14. The molecule has 0 radical (unpaired) electrons. The van der Waals surface area contributed by atoms with Gasteiger partial charge < -0.3 is 19.5 Å². The van der Waals surface area contributed by atoms with E-state index in [1.807, 2.05) is 78.9 Å². The highest BCUT2D eigenvalue weighted by Gasteiger charge is 1.98. The molecule has 0 amide bonds. The Morgan fingerprint density at radius 2 is 1.36 bits per heavy atom. The van der Waals surface area contributed by atoms with E-state index in [0.717, 1.165) is 34.3 Å². The summed E-state index contributed by atoms with van der Waals surface area (Å²) in [5, 5.41) is 4.00. The molecule has 0 unspecified atom stereocenters. The molecular formula is C23H24ClNO3. The zero-order valence-corrected chi connectivity index (χ0v) is 16.4. The monoisotopic (exact) mass is 397 g/mol. The van der Waals surface area contributed by atoms with Crippen LogP contribution in [0.5, 0.6) is 11.5 Å². The highest BCUT2D eigenvalue weighted by molar-refractivity contribution is 6.30. The second kappa shape index (κ2) is 11.2. The number of anilines is 1. The summed E-state index contributed by atoms with van der Waals surface area (Å²) in [6, 6.07) is 25.3. The second-order valence-electron chi connectivity index (χ2n) is 6.14. The van der Waals surface area contributed by atoms with Crippen LogP contribution in [0.15, 0.2) is 78.9 Å². The van der Waals surface area contributed by atoms with Crippen LogP contribution in [0.3, 0.4) is 0 Å². The first kappa shape index (κ1) is 20.1. The zero-order chi connectivity index (χ0) is 19.4. The summed E-state index contributed by atoms with van der Waals surface area (Å²) in [5.74, 6) is 1.62.